The Morgan fingerprint density at radius 1 is 1.26 bits per heavy atom. The highest BCUT2D eigenvalue weighted by atomic mass is 16.2. The molecule has 2 aliphatic carbocycles. The molecule has 2 fully saturated rings. The second-order valence-corrected chi connectivity index (χ2v) is 7.49. The van der Waals surface area contributed by atoms with Gasteiger partial charge in [-0.05, 0) is 64.3 Å². The van der Waals surface area contributed by atoms with Crippen LogP contribution in [0.1, 0.15) is 53.4 Å². The standard InChI is InChI=1S/C16H30N2O/c1-10(2)18-15(19)16(4)8-12-6-11(3)14(17-5)13(7-12)9-16/h10-14,17H,6-9H2,1-5H3,(H,18,19). The first-order chi connectivity index (χ1) is 8.85. The monoisotopic (exact) mass is 266 g/mol. The van der Waals surface area contributed by atoms with Crippen molar-refractivity contribution >= 4 is 5.91 Å². The van der Waals surface area contributed by atoms with E-state index in [0.717, 1.165) is 24.7 Å². The Balaban J connectivity index is 2.12. The van der Waals surface area contributed by atoms with Gasteiger partial charge in [0.1, 0.15) is 0 Å². The third-order valence-corrected chi connectivity index (χ3v) is 5.22. The number of carbonyl (C=O) groups is 1. The molecule has 0 saturated heterocycles. The van der Waals surface area contributed by atoms with Crippen molar-refractivity contribution in [2.45, 2.75) is 65.5 Å². The first-order valence-electron chi connectivity index (χ1n) is 7.84. The molecule has 2 bridgehead atoms. The van der Waals surface area contributed by atoms with Crippen molar-refractivity contribution < 1.29 is 4.79 Å². The third kappa shape index (κ3) is 2.96. The van der Waals surface area contributed by atoms with Gasteiger partial charge in [0.25, 0.3) is 0 Å². The minimum Gasteiger partial charge on any atom is -0.353 e. The molecule has 0 spiro atoms. The minimum absolute atomic E-state index is 0.160. The van der Waals surface area contributed by atoms with Crippen LogP contribution in [0.5, 0.6) is 0 Å². The molecule has 0 radical (unpaired) electrons. The van der Waals surface area contributed by atoms with Crippen molar-refractivity contribution in [1.82, 2.24) is 10.6 Å². The Hall–Kier alpha value is -0.570. The van der Waals surface area contributed by atoms with Crippen LogP contribution in [0.4, 0.5) is 0 Å². The fourth-order valence-corrected chi connectivity index (χ4v) is 4.63. The highest BCUT2D eigenvalue weighted by Crippen LogP contribution is 2.50. The number of amides is 1. The van der Waals surface area contributed by atoms with E-state index in [-0.39, 0.29) is 17.4 Å². The van der Waals surface area contributed by atoms with Crippen LogP contribution < -0.4 is 10.6 Å². The number of carbonyl (C=O) groups excluding carboxylic acids is 1. The van der Waals surface area contributed by atoms with Crippen LogP contribution in [0, 0.1) is 23.2 Å². The van der Waals surface area contributed by atoms with E-state index in [1.54, 1.807) is 0 Å². The predicted octanol–water partition coefficient (Wildman–Crippen LogP) is 2.56. The smallest absolute Gasteiger partial charge is 0.226 e. The van der Waals surface area contributed by atoms with Crippen molar-refractivity contribution in [3.63, 3.8) is 0 Å². The van der Waals surface area contributed by atoms with Crippen molar-refractivity contribution in [1.29, 1.82) is 0 Å². The highest BCUT2D eigenvalue weighted by molar-refractivity contribution is 5.82. The van der Waals surface area contributed by atoms with Crippen molar-refractivity contribution in [2.24, 2.45) is 23.2 Å². The first kappa shape index (κ1) is 14.8. The second kappa shape index (κ2) is 5.43. The quantitative estimate of drug-likeness (QED) is 0.824. The molecule has 2 aliphatic rings. The first-order valence-corrected chi connectivity index (χ1v) is 7.84. The summed E-state index contributed by atoms with van der Waals surface area (Å²) in [6.45, 7) is 8.62. The van der Waals surface area contributed by atoms with E-state index in [4.69, 9.17) is 0 Å². The number of hydrogen-bond acceptors (Lipinski definition) is 2. The molecule has 2 rings (SSSR count). The summed E-state index contributed by atoms with van der Waals surface area (Å²) in [5.74, 6) is 2.41. The summed E-state index contributed by atoms with van der Waals surface area (Å²) in [6.07, 6.45) is 4.69. The Labute approximate surface area is 117 Å². The summed E-state index contributed by atoms with van der Waals surface area (Å²) in [5, 5.41) is 6.62. The molecule has 1 amide bonds. The maximum Gasteiger partial charge on any atom is 0.226 e. The summed E-state index contributed by atoms with van der Waals surface area (Å²) in [5.41, 5.74) is -0.160. The molecule has 0 aromatic rings. The molecular formula is C16H30N2O. The van der Waals surface area contributed by atoms with Gasteiger partial charge in [-0.3, -0.25) is 4.79 Å². The zero-order chi connectivity index (χ0) is 14.2. The molecule has 2 saturated carbocycles. The Morgan fingerprint density at radius 2 is 1.95 bits per heavy atom. The van der Waals surface area contributed by atoms with E-state index in [1.165, 1.54) is 12.8 Å². The van der Waals surface area contributed by atoms with Crippen LogP contribution in [-0.2, 0) is 4.79 Å². The number of hydrogen-bond donors (Lipinski definition) is 2. The van der Waals surface area contributed by atoms with Gasteiger partial charge in [0.15, 0.2) is 0 Å². The molecule has 3 nitrogen and oxygen atoms in total. The largest absolute Gasteiger partial charge is 0.353 e. The summed E-state index contributed by atoms with van der Waals surface area (Å²) >= 11 is 0. The van der Waals surface area contributed by atoms with Gasteiger partial charge < -0.3 is 10.6 Å². The predicted molar refractivity (Wildman–Crippen MR) is 78.8 cm³/mol. The molecule has 0 aliphatic heterocycles. The normalized spacial score (nSPS) is 42.2. The van der Waals surface area contributed by atoms with Crippen molar-refractivity contribution in [3.8, 4) is 0 Å². The van der Waals surface area contributed by atoms with E-state index in [1.807, 2.05) is 13.8 Å². The Morgan fingerprint density at radius 3 is 2.53 bits per heavy atom. The number of fused-ring (bicyclic) bond motifs is 2. The SMILES string of the molecule is CNC1C(C)CC2CC1CC(C)(C(=O)NC(C)C)C2. The Kier molecular flexibility index (Phi) is 4.24. The van der Waals surface area contributed by atoms with Gasteiger partial charge in [0.2, 0.25) is 5.91 Å². The van der Waals surface area contributed by atoms with Crippen LogP contribution >= 0.6 is 0 Å². The van der Waals surface area contributed by atoms with Gasteiger partial charge >= 0.3 is 0 Å². The molecule has 5 atom stereocenters. The van der Waals surface area contributed by atoms with Crippen LogP contribution in [0.3, 0.4) is 0 Å². The zero-order valence-electron chi connectivity index (χ0n) is 13.1. The van der Waals surface area contributed by atoms with E-state index in [0.29, 0.717) is 12.0 Å². The lowest BCUT2D eigenvalue weighted by Crippen LogP contribution is -2.53. The summed E-state index contributed by atoms with van der Waals surface area (Å²) < 4.78 is 0. The van der Waals surface area contributed by atoms with Crippen LogP contribution in [0.25, 0.3) is 0 Å². The van der Waals surface area contributed by atoms with Gasteiger partial charge in [-0.25, -0.2) is 0 Å². The number of nitrogens with one attached hydrogen (secondary N) is 2. The minimum atomic E-state index is -0.160. The third-order valence-electron chi connectivity index (χ3n) is 5.22. The van der Waals surface area contributed by atoms with Crippen molar-refractivity contribution in [3.05, 3.63) is 0 Å². The molecule has 0 aromatic heterocycles. The Bertz CT molecular complexity index is 340. The van der Waals surface area contributed by atoms with Crippen LogP contribution in [0.15, 0.2) is 0 Å². The van der Waals surface area contributed by atoms with Crippen LogP contribution in [0.2, 0.25) is 0 Å². The van der Waals surface area contributed by atoms with Gasteiger partial charge in [-0.2, -0.15) is 0 Å². The second-order valence-electron chi connectivity index (χ2n) is 7.49. The molecule has 0 heterocycles. The summed E-state index contributed by atoms with van der Waals surface area (Å²) in [4.78, 5) is 12.5. The molecule has 0 aromatic carbocycles. The molecule has 19 heavy (non-hydrogen) atoms. The fourth-order valence-electron chi connectivity index (χ4n) is 4.63. The van der Waals surface area contributed by atoms with E-state index in [9.17, 15) is 4.79 Å². The maximum atomic E-state index is 12.5. The van der Waals surface area contributed by atoms with Crippen molar-refractivity contribution in [2.75, 3.05) is 7.05 Å². The summed E-state index contributed by atoms with van der Waals surface area (Å²) in [7, 11) is 2.07. The fraction of sp³-hybridized carbons (Fsp3) is 0.938. The van der Waals surface area contributed by atoms with Gasteiger partial charge in [-0.1, -0.05) is 13.8 Å². The molecule has 110 valence electrons. The molecule has 5 unspecified atom stereocenters. The molecule has 3 heteroatoms. The van der Waals surface area contributed by atoms with E-state index in [2.05, 4.69) is 31.5 Å². The van der Waals surface area contributed by atoms with E-state index >= 15 is 0 Å². The molecule has 2 N–H and O–H groups in total. The molecular weight excluding hydrogens is 236 g/mol. The lowest BCUT2D eigenvalue weighted by Gasteiger charge is -2.50. The lowest BCUT2D eigenvalue weighted by molar-refractivity contribution is -0.136. The average molecular weight is 266 g/mol. The summed E-state index contributed by atoms with van der Waals surface area (Å²) in [6, 6.07) is 0.827. The average Bonchev–Trinajstić information content (AvgIpc) is 2.27. The van der Waals surface area contributed by atoms with Crippen LogP contribution in [-0.4, -0.2) is 25.0 Å². The van der Waals surface area contributed by atoms with Gasteiger partial charge in [0.05, 0.1) is 0 Å². The topological polar surface area (TPSA) is 41.1 Å². The zero-order valence-corrected chi connectivity index (χ0v) is 13.1. The lowest BCUT2D eigenvalue weighted by atomic mass is 9.57. The number of rotatable bonds is 3. The van der Waals surface area contributed by atoms with Gasteiger partial charge in [-0.15, -0.1) is 0 Å². The van der Waals surface area contributed by atoms with Gasteiger partial charge in [0, 0.05) is 17.5 Å². The van der Waals surface area contributed by atoms with E-state index < -0.39 is 0 Å². The maximum absolute atomic E-state index is 12.5. The highest BCUT2D eigenvalue weighted by Gasteiger charge is 2.48.